The van der Waals surface area contributed by atoms with E-state index in [2.05, 4.69) is 59.6 Å². The van der Waals surface area contributed by atoms with E-state index in [0.717, 1.165) is 23.0 Å². The number of rotatable bonds is 6. The maximum atomic E-state index is 5.34. The first-order chi connectivity index (χ1) is 12.0. The number of nitrogens with one attached hydrogen (secondary N) is 2. The van der Waals surface area contributed by atoms with Gasteiger partial charge >= 0.3 is 0 Å². The van der Waals surface area contributed by atoms with Gasteiger partial charge in [-0.3, -0.25) is 0 Å². The van der Waals surface area contributed by atoms with Crippen molar-refractivity contribution in [2.24, 2.45) is 0 Å². The number of para-hydroxylation sites is 1. The van der Waals surface area contributed by atoms with E-state index in [4.69, 9.17) is 4.42 Å². The summed E-state index contributed by atoms with van der Waals surface area (Å²) in [5, 5.41) is 6.69. The Hall–Kier alpha value is -2.82. The molecule has 2 heterocycles. The van der Waals surface area contributed by atoms with Gasteiger partial charge in [0, 0.05) is 17.4 Å². The van der Waals surface area contributed by atoms with Crippen LogP contribution in [-0.2, 0) is 6.54 Å². The SMILES string of the molecule is Cc1cc(Nc2c(C)cccc2C(C)C)nc(NCc2ccco2)n1. The molecule has 0 amide bonds. The average molecular weight is 336 g/mol. The smallest absolute Gasteiger partial charge is 0.225 e. The second-order valence-electron chi connectivity index (χ2n) is 6.47. The third-order valence-corrected chi connectivity index (χ3v) is 4.04. The van der Waals surface area contributed by atoms with E-state index < -0.39 is 0 Å². The molecule has 0 atom stereocenters. The third-order valence-electron chi connectivity index (χ3n) is 4.04. The second kappa shape index (κ2) is 7.38. The van der Waals surface area contributed by atoms with Gasteiger partial charge in [-0.15, -0.1) is 0 Å². The summed E-state index contributed by atoms with van der Waals surface area (Å²) in [7, 11) is 0. The van der Waals surface area contributed by atoms with Crippen LogP contribution in [0, 0.1) is 13.8 Å². The predicted molar refractivity (Wildman–Crippen MR) is 101 cm³/mol. The molecule has 1 aromatic carbocycles. The first-order valence-electron chi connectivity index (χ1n) is 8.51. The summed E-state index contributed by atoms with van der Waals surface area (Å²) in [6.07, 6.45) is 1.66. The molecule has 3 rings (SSSR count). The number of hydrogen-bond donors (Lipinski definition) is 2. The van der Waals surface area contributed by atoms with Crippen molar-refractivity contribution in [3.63, 3.8) is 0 Å². The Kier molecular flexibility index (Phi) is 5.03. The van der Waals surface area contributed by atoms with Crippen molar-refractivity contribution in [3.05, 3.63) is 65.2 Å². The van der Waals surface area contributed by atoms with Gasteiger partial charge in [-0.2, -0.15) is 4.98 Å². The summed E-state index contributed by atoms with van der Waals surface area (Å²) in [6, 6.07) is 12.1. The van der Waals surface area contributed by atoms with E-state index in [9.17, 15) is 0 Å². The van der Waals surface area contributed by atoms with Crippen LogP contribution in [0.25, 0.3) is 0 Å². The zero-order valence-corrected chi connectivity index (χ0v) is 15.1. The highest BCUT2D eigenvalue weighted by atomic mass is 16.3. The third kappa shape index (κ3) is 4.18. The number of hydrogen-bond acceptors (Lipinski definition) is 5. The average Bonchev–Trinajstić information content (AvgIpc) is 3.07. The highest BCUT2D eigenvalue weighted by molar-refractivity contribution is 5.66. The van der Waals surface area contributed by atoms with Gasteiger partial charge in [0.25, 0.3) is 0 Å². The van der Waals surface area contributed by atoms with E-state index in [1.807, 2.05) is 25.1 Å². The van der Waals surface area contributed by atoms with Gasteiger partial charge in [-0.1, -0.05) is 32.0 Å². The van der Waals surface area contributed by atoms with Crippen LogP contribution < -0.4 is 10.6 Å². The van der Waals surface area contributed by atoms with Gasteiger partial charge in [-0.05, 0) is 43.0 Å². The molecule has 0 aliphatic rings. The van der Waals surface area contributed by atoms with Gasteiger partial charge in [0.15, 0.2) is 0 Å². The maximum absolute atomic E-state index is 5.34. The standard InChI is InChI=1S/C20H24N4O/c1-13(2)17-9-5-7-14(3)19(17)23-18-11-15(4)22-20(24-18)21-12-16-8-6-10-25-16/h5-11,13H,12H2,1-4H3,(H2,21,22,23,24). The second-order valence-corrected chi connectivity index (χ2v) is 6.47. The normalized spacial score (nSPS) is 10.9. The molecule has 3 aromatic rings. The Bertz CT molecular complexity index is 841. The lowest BCUT2D eigenvalue weighted by atomic mass is 9.98. The first-order valence-corrected chi connectivity index (χ1v) is 8.51. The number of benzene rings is 1. The molecule has 0 bridgehead atoms. The van der Waals surface area contributed by atoms with Gasteiger partial charge in [0.2, 0.25) is 5.95 Å². The van der Waals surface area contributed by atoms with E-state index in [1.165, 1.54) is 11.1 Å². The van der Waals surface area contributed by atoms with E-state index in [1.54, 1.807) is 6.26 Å². The fourth-order valence-corrected chi connectivity index (χ4v) is 2.76. The molecule has 0 aliphatic heterocycles. The van der Waals surface area contributed by atoms with E-state index >= 15 is 0 Å². The Morgan fingerprint density at radius 2 is 1.92 bits per heavy atom. The summed E-state index contributed by atoms with van der Waals surface area (Å²) >= 11 is 0. The van der Waals surface area contributed by atoms with Crippen molar-refractivity contribution in [3.8, 4) is 0 Å². The van der Waals surface area contributed by atoms with Crippen LogP contribution in [0.2, 0.25) is 0 Å². The van der Waals surface area contributed by atoms with Crippen molar-refractivity contribution < 1.29 is 4.42 Å². The molecular weight excluding hydrogens is 312 g/mol. The summed E-state index contributed by atoms with van der Waals surface area (Å²) in [5.41, 5.74) is 4.50. The largest absolute Gasteiger partial charge is 0.467 e. The molecule has 5 nitrogen and oxygen atoms in total. The molecule has 25 heavy (non-hydrogen) atoms. The quantitative estimate of drug-likeness (QED) is 0.650. The number of aromatic nitrogens is 2. The molecule has 2 N–H and O–H groups in total. The summed E-state index contributed by atoms with van der Waals surface area (Å²) in [5.74, 6) is 2.65. The molecule has 0 fully saturated rings. The van der Waals surface area contributed by atoms with Crippen molar-refractivity contribution in [2.45, 2.75) is 40.2 Å². The van der Waals surface area contributed by atoms with Crippen LogP contribution in [-0.4, -0.2) is 9.97 Å². The molecule has 0 spiro atoms. The Balaban J connectivity index is 1.83. The molecule has 5 heteroatoms. The van der Waals surface area contributed by atoms with Crippen molar-refractivity contribution in [1.29, 1.82) is 0 Å². The van der Waals surface area contributed by atoms with Crippen molar-refractivity contribution in [1.82, 2.24) is 9.97 Å². The number of furan rings is 1. The Morgan fingerprint density at radius 3 is 2.64 bits per heavy atom. The lowest BCUT2D eigenvalue weighted by Gasteiger charge is -2.17. The Labute approximate surface area is 148 Å². The summed E-state index contributed by atoms with van der Waals surface area (Å²) < 4.78 is 5.34. The molecule has 0 radical (unpaired) electrons. The fraction of sp³-hybridized carbons (Fsp3) is 0.300. The maximum Gasteiger partial charge on any atom is 0.225 e. The van der Waals surface area contributed by atoms with Gasteiger partial charge in [0.05, 0.1) is 12.8 Å². The first kappa shape index (κ1) is 17.0. The van der Waals surface area contributed by atoms with Crippen LogP contribution in [0.3, 0.4) is 0 Å². The van der Waals surface area contributed by atoms with Gasteiger partial charge in [0.1, 0.15) is 11.6 Å². The molecule has 130 valence electrons. The zero-order valence-electron chi connectivity index (χ0n) is 15.1. The molecule has 2 aromatic heterocycles. The minimum absolute atomic E-state index is 0.432. The number of anilines is 3. The summed E-state index contributed by atoms with van der Waals surface area (Å²) in [4.78, 5) is 9.05. The lowest BCUT2D eigenvalue weighted by molar-refractivity contribution is 0.517. The molecule has 0 unspecified atom stereocenters. The predicted octanol–water partition coefficient (Wildman–Crippen LogP) is 5.17. The molecule has 0 aliphatic carbocycles. The Morgan fingerprint density at radius 1 is 1.08 bits per heavy atom. The van der Waals surface area contributed by atoms with Gasteiger partial charge in [-0.25, -0.2) is 4.98 Å². The van der Waals surface area contributed by atoms with Crippen LogP contribution >= 0.6 is 0 Å². The van der Waals surface area contributed by atoms with E-state index in [-0.39, 0.29) is 0 Å². The van der Waals surface area contributed by atoms with Crippen LogP contribution in [0.4, 0.5) is 17.5 Å². The zero-order chi connectivity index (χ0) is 17.8. The fourth-order valence-electron chi connectivity index (χ4n) is 2.76. The monoisotopic (exact) mass is 336 g/mol. The van der Waals surface area contributed by atoms with Crippen LogP contribution in [0.5, 0.6) is 0 Å². The number of nitrogens with zero attached hydrogens (tertiary/aromatic N) is 2. The van der Waals surface area contributed by atoms with Crippen molar-refractivity contribution in [2.75, 3.05) is 10.6 Å². The van der Waals surface area contributed by atoms with Crippen LogP contribution in [0.1, 0.15) is 42.3 Å². The number of aryl methyl sites for hydroxylation is 2. The summed E-state index contributed by atoms with van der Waals surface area (Å²) in [6.45, 7) is 9.02. The van der Waals surface area contributed by atoms with Crippen LogP contribution in [0.15, 0.2) is 47.1 Å². The van der Waals surface area contributed by atoms with Crippen molar-refractivity contribution >= 4 is 17.5 Å². The van der Waals surface area contributed by atoms with E-state index in [0.29, 0.717) is 18.4 Å². The lowest BCUT2D eigenvalue weighted by Crippen LogP contribution is -2.07. The minimum Gasteiger partial charge on any atom is -0.467 e. The highest BCUT2D eigenvalue weighted by Crippen LogP contribution is 2.30. The minimum atomic E-state index is 0.432. The highest BCUT2D eigenvalue weighted by Gasteiger charge is 2.11. The molecule has 0 saturated carbocycles. The van der Waals surface area contributed by atoms with Gasteiger partial charge < -0.3 is 15.1 Å². The molecular formula is C20H24N4O. The topological polar surface area (TPSA) is 63.0 Å². The molecule has 0 saturated heterocycles.